The maximum Gasteiger partial charge on any atom is 0.319 e. The van der Waals surface area contributed by atoms with E-state index >= 15 is 0 Å². The molecule has 0 aromatic heterocycles. The fourth-order valence-corrected chi connectivity index (χ4v) is 1.88. The fraction of sp³-hybridized carbons (Fsp3) is 0.417. The molecule has 1 saturated carbocycles. The number of urea groups is 1. The summed E-state index contributed by atoms with van der Waals surface area (Å²) in [5.74, 6) is 0. The summed E-state index contributed by atoms with van der Waals surface area (Å²) in [4.78, 5) is 11.7. The molecular formula is C12H17N3O. The molecule has 1 aliphatic rings. The van der Waals surface area contributed by atoms with E-state index in [2.05, 4.69) is 17.6 Å². The van der Waals surface area contributed by atoms with Gasteiger partial charge in [-0.1, -0.05) is 6.07 Å². The van der Waals surface area contributed by atoms with Crippen molar-refractivity contribution in [2.24, 2.45) is 0 Å². The fourth-order valence-electron chi connectivity index (χ4n) is 1.88. The largest absolute Gasteiger partial charge is 0.399 e. The lowest BCUT2D eigenvalue weighted by molar-refractivity contribution is 0.200. The number of nitrogen functional groups attached to an aromatic ring is 1. The number of hydrogen-bond donors (Lipinski definition) is 3. The van der Waals surface area contributed by atoms with Gasteiger partial charge >= 0.3 is 6.03 Å². The first-order valence-electron chi connectivity index (χ1n) is 5.52. The second-order valence-electron chi connectivity index (χ2n) is 4.62. The number of nitrogens with one attached hydrogen (secondary N) is 2. The summed E-state index contributed by atoms with van der Waals surface area (Å²) in [6.07, 6.45) is 3.30. The van der Waals surface area contributed by atoms with Crippen LogP contribution in [0.3, 0.4) is 0 Å². The molecule has 0 radical (unpaired) electrons. The first-order chi connectivity index (χ1) is 7.57. The van der Waals surface area contributed by atoms with Gasteiger partial charge in [-0.25, -0.2) is 4.79 Å². The van der Waals surface area contributed by atoms with Crippen LogP contribution in [0.15, 0.2) is 24.3 Å². The van der Waals surface area contributed by atoms with Crippen LogP contribution >= 0.6 is 0 Å². The summed E-state index contributed by atoms with van der Waals surface area (Å²) < 4.78 is 0. The van der Waals surface area contributed by atoms with Crippen LogP contribution < -0.4 is 16.4 Å². The molecule has 4 N–H and O–H groups in total. The Morgan fingerprint density at radius 2 is 2.19 bits per heavy atom. The van der Waals surface area contributed by atoms with Gasteiger partial charge in [-0.15, -0.1) is 0 Å². The highest BCUT2D eigenvalue weighted by molar-refractivity contribution is 5.90. The van der Waals surface area contributed by atoms with Gasteiger partial charge in [0.25, 0.3) is 0 Å². The van der Waals surface area contributed by atoms with E-state index in [4.69, 9.17) is 5.73 Å². The number of rotatable bonds is 2. The molecule has 1 fully saturated rings. The summed E-state index contributed by atoms with van der Waals surface area (Å²) in [5, 5.41) is 5.75. The first-order valence-corrected chi connectivity index (χ1v) is 5.52. The smallest absolute Gasteiger partial charge is 0.319 e. The monoisotopic (exact) mass is 219 g/mol. The summed E-state index contributed by atoms with van der Waals surface area (Å²) in [7, 11) is 0. The lowest BCUT2D eigenvalue weighted by Gasteiger charge is -2.38. The maximum atomic E-state index is 11.7. The Hall–Kier alpha value is -1.71. The number of benzene rings is 1. The van der Waals surface area contributed by atoms with E-state index in [-0.39, 0.29) is 11.6 Å². The van der Waals surface area contributed by atoms with Crippen LogP contribution in [-0.2, 0) is 0 Å². The van der Waals surface area contributed by atoms with E-state index in [0.29, 0.717) is 5.69 Å². The number of carbonyl (C=O) groups excluding carboxylic acids is 1. The van der Waals surface area contributed by atoms with E-state index in [0.717, 1.165) is 18.5 Å². The summed E-state index contributed by atoms with van der Waals surface area (Å²) >= 11 is 0. The van der Waals surface area contributed by atoms with E-state index in [1.54, 1.807) is 12.1 Å². The number of amides is 2. The molecule has 0 aliphatic heterocycles. The minimum atomic E-state index is -0.159. The van der Waals surface area contributed by atoms with Gasteiger partial charge in [0, 0.05) is 16.9 Å². The average molecular weight is 219 g/mol. The van der Waals surface area contributed by atoms with Gasteiger partial charge in [-0.3, -0.25) is 0 Å². The predicted octanol–water partition coefficient (Wildman–Crippen LogP) is 2.33. The molecule has 0 saturated heterocycles. The minimum Gasteiger partial charge on any atom is -0.399 e. The normalized spacial score (nSPS) is 17.3. The van der Waals surface area contributed by atoms with Gasteiger partial charge in [-0.2, -0.15) is 0 Å². The Kier molecular flexibility index (Phi) is 2.73. The Bertz CT molecular complexity index is 399. The van der Waals surface area contributed by atoms with Crippen molar-refractivity contribution in [2.45, 2.75) is 31.7 Å². The van der Waals surface area contributed by atoms with Crippen molar-refractivity contribution in [3.8, 4) is 0 Å². The second kappa shape index (κ2) is 4.04. The van der Waals surface area contributed by atoms with Gasteiger partial charge in [0.15, 0.2) is 0 Å². The summed E-state index contributed by atoms with van der Waals surface area (Å²) in [5.41, 5.74) is 6.97. The molecule has 1 aromatic rings. The number of carbonyl (C=O) groups is 1. The molecule has 0 heterocycles. The molecule has 2 amide bonds. The first kappa shape index (κ1) is 10.8. The zero-order valence-corrected chi connectivity index (χ0v) is 9.42. The Labute approximate surface area is 95.2 Å². The Morgan fingerprint density at radius 1 is 1.44 bits per heavy atom. The van der Waals surface area contributed by atoms with Crippen LogP contribution in [0.1, 0.15) is 26.2 Å². The van der Waals surface area contributed by atoms with Crippen molar-refractivity contribution in [2.75, 3.05) is 11.1 Å². The van der Waals surface area contributed by atoms with Crippen molar-refractivity contribution in [3.05, 3.63) is 24.3 Å². The van der Waals surface area contributed by atoms with Crippen LogP contribution in [0, 0.1) is 0 Å². The van der Waals surface area contributed by atoms with Crippen LogP contribution in [0.25, 0.3) is 0 Å². The molecular weight excluding hydrogens is 202 g/mol. The molecule has 86 valence electrons. The molecule has 1 aliphatic carbocycles. The molecule has 0 bridgehead atoms. The minimum absolute atomic E-state index is 0.0234. The zero-order valence-electron chi connectivity index (χ0n) is 9.42. The topological polar surface area (TPSA) is 67.2 Å². The lowest BCUT2D eigenvalue weighted by atomic mass is 9.79. The van der Waals surface area contributed by atoms with Gasteiger partial charge in [0.2, 0.25) is 0 Å². The Morgan fingerprint density at radius 3 is 2.75 bits per heavy atom. The second-order valence-corrected chi connectivity index (χ2v) is 4.62. The highest BCUT2D eigenvalue weighted by Crippen LogP contribution is 2.30. The van der Waals surface area contributed by atoms with Gasteiger partial charge < -0.3 is 16.4 Å². The molecule has 1 aromatic carbocycles. The van der Waals surface area contributed by atoms with Crippen LogP contribution in [0.4, 0.5) is 16.2 Å². The van der Waals surface area contributed by atoms with Gasteiger partial charge in [0.05, 0.1) is 0 Å². The van der Waals surface area contributed by atoms with Crippen molar-refractivity contribution in [1.29, 1.82) is 0 Å². The molecule has 4 heteroatoms. The molecule has 2 rings (SSSR count). The third-order valence-corrected chi connectivity index (χ3v) is 3.02. The van der Waals surface area contributed by atoms with Crippen LogP contribution in [-0.4, -0.2) is 11.6 Å². The van der Waals surface area contributed by atoms with E-state index in [9.17, 15) is 4.79 Å². The standard InChI is InChI=1S/C12H17N3O/c1-12(6-3-7-12)15-11(16)14-10-5-2-4-9(13)8-10/h2,4-5,8H,3,6-7,13H2,1H3,(H2,14,15,16). The van der Waals surface area contributed by atoms with Crippen molar-refractivity contribution in [1.82, 2.24) is 5.32 Å². The van der Waals surface area contributed by atoms with E-state index in [1.165, 1.54) is 6.42 Å². The van der Waals surface area contributed by atoms with Crippen molar-refractivity contribution >= 4 is 17.4 Å². The van der Waals surface area contributed by atoms with Crippen LogP contribution in [0.5, 0.6) is 0 Å². The van der Waals surface area contributed by atoms with Crippen LogP contribution in [0.2, 0.25) is 0 Å². The molecule has 0 spiro atoms. The highest BCUT2D eigenvalue weighted by Gasteiger charge is 2.33. The zero-order chi connectivity index (χ0) is 11.6. The lowest BCUT2D eigenvalue weighted by Crippen LogP contribution is -2.52. The van der Waals surface area contributed by atoms with Gasteiger partial charge in [-0.05, 0) is 44.4 Å². The third-order valence-electron chi connectivity index (χ3n) is 3.02. The average Bonchev–Trinajstić information content (AvgIpc) is 2.15. The molecule has 4 nitrogen and oxygen atoms in total. The maximum absolute atomic E-state index is 11.7. The van der Waals surface area contributed by atoms with E-state index < -0.39 is 0 Å². The van der Waals surface area contributed by atoms with Crippen molar-refractivity contribution in [3.63, 3.8) is 0 Å². The predicted molar refractivity (Wildman–Crippen MR) is 65.3 cm³/mol. The van der Waals surface area contributed by atoms with Crippen molar-refractivity contribution < 1.29 is 4.79 Å². The Balaban J connectivity index is 1.92. The molecule has 0 atom stereocenters. The quantitative estimate of drug-likeness (QED) is 0.668. The van der Waals surface area contributed by atoms with E-state index in [1.807, 2.05) is 12.1 Å². The number of anilines is 2. The third kappa shape index (κ3) is 2.45. The number of hydrogen-bond acceptors (Lipinski definition) is 2. The highest BCUT2D eigenvalue weighted by atomic mass is 16.2. The SMILES string of the molecule is CC1(NC(=O)Nc2cccc(N)c2)CCC1. The van der Waals surface area contributed by atoms with Gasteiger partial charge in [0.1, 0.15) is 0 Å². The number of nitrogens with two attached hydrogens (primary N) is 1. The molecule has 16 heavy (non-hydrogen) atoms. The summed E-state index contributed by atoms with van der Waals surface area (Å²) in [6, 6.07) is 7.00. The summed E-state index contributed by atoms with van der Waals surface area (Å²) in [6.45, 7) is 2.06. The molecule has 0 unspecified atom stereocenters.